The first-order valence-electron chi connectivity index (χ1n) is 12.2. The van der Waals surface area contributed by atoms with E-state index in [0.717, 1.165) is 33.0 Å². The lowest BCUT2D eigenvalue weighted by Gasteiger charge is -2.12. The molecule has 11 heteroatoms. The lowest BCUT2D eigenvalue weighted by molar-refractivity contribution is -0.123. The third-order valence-corrected chi connectivity index (χ3v) is 7.59. The molecular weight excluding hydrogens is 520 g/mol. The maximum Gasteiger partial charge on any atom is 0.258 e. The largest absolute Gasteiger partial charge is 0.483 e. The number of aromatic nitrogens is 4. The summed E-state index contributed by atoms with van der Waals surface area (Å²) in [7, 11) is 0. The lowest BCUT2D eigenvalue weighted by Crippen LogP contribution is -2.29. The summed E-state index contributed by atoms with van der Waals surface area (Å²) in [6.45, 7) is 8.58. The van der Waals surface area contributed by atoms with Crippen LogP contribution in [0.5, 0.6) is 5.75 Å². The van der Waals surface area contributed by atoms with Crippen molar-refractivity contribution in [3.8, 4) is 17.0 Å². The highest BCUT2D eigenvalue weighted by Crippen LogP contribution is 2.30. The summed E-state index contributed by atoms with van der Waals surface area (Å²) in [5, 5.41) is 15.3. The van der Waals surface area contributed by atoms with E-state index in [2.05, 4.69) is 25.8 Å². The SMILES string of the molecule is CCn1c(CNC(=O)COc2c(C)cccc2C)nnc1SCC(=O)Nc1nc(-c2ccccc2)c(C)s1. The van der Waals surface area contributed by atoms with Crippen LogP contribution in [0, 0.1) is 20.8 Å². The van der Waals surface area contributed by atoms with Gasteiger partial charge in [-0.15, -0.1) is 21.5 Å². The highest BCUT2D eigenvalue weighted by atomic mass is 32.2. The summed E-state index contributed by atoms with van der Waals surface area (Å²) in [4.78, 5) is 30.6. The molecule has 38 heavy (non-hydrogen) atoms. The number of aryl methyl sites for hydroxylation is 3. The fraction of sp³-hybridized carbons (Fsp3) is 0.296. The van der Waals surface area contributed by atoms with Crippen molar-refractivity contribution in [1.82, 2.24) is 25.1 Å². The first kappa shape index (κ1) is 27.3. The van der Waals surface area contributed by atoms with E-state index < -0.39 is 0 Å². The van der Waals surface area contributed by atoms with E-state index in [1.165, 1.54) is 23.1 Å². The first-order chi connectivity index (χ1) is 18.4. The number of nitrogens with one attached hydrogen (secondary N) is 2. The Morgan fingerprint density at radius 3 is 2.45 bits per heavy atom. The van der Waals surface area contributed by atoms with Gasteiger partial charge in [-0.3, -0.25) is 9.59 Å². The minimum absolute atomic E-state index is 0.0874. The molecule has 2 amide bonds. The third-order valence-electron chi connectivity index (χ3n) is 5.73. The standard InChI is InChI=1S/C27H30N6O3S2/c1-5-33-21(14-28-22(34)15-36-25-17(2)10-9-11-18(25)3)31-32-27(33)37-16-23(35)29-26-30-24(19(4)38-26)20-12-7-6-8-13-20/h6-13H,5,14-16H2,1-4H3,(H,28,34)(H,29,30,35). The van der Waals surface area contributed by atoms with Gasteiger partial charge in [-0.2, -0.15) is 0 Å². The fourth-order valence-corrected chi connectivity index (χ4v) is 5.54. The summed E-state index contributed by atoms with van der Waals surface area (Å²) >= 11 is 2.74. The average molecular weight is 551 g/mol. The fourth-order valence-electron chi connectivity index (χ4n) is 3.87. The van der Waals surface area contributed by atoms with Crippen LogP contribution >= 0.6 is 23.1 Å². The van der Waals surface area contributed by atoms with Gasteiger partial charge in [0.2, 0.25) is 5.91 Å². The maximum atomic E-state index is 12.6. The Morgan fingerprint density at radius 1 is 1.00 bits per heavy atom. The zero-order valence-electron chi connectivity index (χ0n) is 21.8. The molecule has 0 aliphatic carbocycles. The van der Waals surface area contributed by atoms with Crippen molar-refractivity contribution in [2.75, 3.05) is 17.7 Å². The highest BCUT2D eigenvalue weighted by Gasteiger charge is 2.16. The molecule has 0 aliphatic heterocycles. The van der Waals surface area contributed by atoms with Crippen LogP contribution in [0.4, 0.5) is 5.13 Å². The number of carbonyl (C=O) groups is 2. The Labute approximate surface area is 230 Å². The number of rotatable bonds is 11. The van der Waals surface area contributed by atoms with E-state index in [-0.39, 0.29) is 30.7 Å². The Morgan fingerprint density at radius 2 is 1.74 bits per heavy atom. The van der Waals surface area contributed by atoms with Crippen molar-refractivity contribution in [3.05, 3.63) is 70.4 Å². The molecule has 9 nitrogen and oxygen atoms in total. The molecule has 0 bridgehead atoms. The molecule has 4 rings (SSSR count). The number of nitrogens with zero attached hydrogens (tertiary/aromatic N) is 4. The molecule has 2 heterocycles. The van der Waals surface area contributed by atoms with E-state index in [9.17, 15) is 9.59 Å². The predicted molar refractivity (Wildman–Crippen MR) is 151 cm³/mol. The number of amides is 2. The first-order valence-corrected chi connectivity index (χ1v) is 14.0. The van der Waals surface area contributed by atoms with E-state index in [4.69, 9.17) is 4.74 Å². The van der Waals surface area contributed by atoms with Crippen molar-refractivity contribution >= 4 is 40.0 Å². The van der Waals surface area contributed by atoms with Gasteiger partial charge in [0.25, 0.3) is 5.91 Å². The van der Waals surface area contributed by atoms with Crippen molar-refractivity contribution in [2.24, 2.45) is 0 Å². The Balaban J connectivity index is 1.28. The topological polar surface area (TPSA) is 111 Å². The molecule has 0 unspecified atom stereocenters. The van der Waals surface area contributed by atoms with Gasteiger partial charge < -0.3 is 19.9 Å². The van der Waals surface area contributed by atoms with Crippen molar-refractivity contribution in [2.45, 2.75) is 45.9 Å². The molecule has 0 aliphatic rings. The van der Waals surface area contributed by atoms with Crippen LogP contribution in [0.1, 0.15) is 28.8 Å². The van der Waals surface area contributed by atoms with Crippen LogP contribution in [0.25, 0.3) is 11.3 Å². The quantitative estimate of drug-likeness (QED) is 0.259. The second-order valence-electron chi connectivity index (χ2n) is 8.56. The lowest BCUT2D eigenvalue weighted by atomic mass is 10.1. The summed E-state index contributed by atoms with van der Waals surface area (Å²) in [5.74, 6) is 1.07. The van der Waals surface area contributed by atoms with E-state index in [1.807, 2.05) is 80.8 Å². The molecule has 198 valence electrons. The van der Waals surface area contributed by atoms with Crippen molar-refractivity contribution in [1.29, 1.82) is 0 Å². The van der Waals surface area contributed by atoms with E-state index in [0.29, 0.717) is 22.7 Å². The molecular formula is C27H30N6O3S2. The number of hydrogen-bond acceptors (Lipinski definition) is 8. The van der Waals surface area contributed by atoms with Crippen LogP contribution in [-0.4, -0.2) is 43.9 Å². The summed E-state index contributed by atoms with van der Waals surface area (Å²) in [6.07, 6.45) is 0. The number of thioether (sulfide) groups is 1. The second kappa shape index (κ2) is 12.7. The van der Waals surface area contributed by atoms with Gasteiger partial charge in [0.15, 0.2) is 22.7 Å². The molecule has 0 atom stereocenters. The monoisotopic (exact) mass is 550 g/mol. The molecule has 0 radical (unpaired) electrons. The van der Waals surface area contributed by atoms with Crippen LogP contribution in [0.3, 0.4) is 0 Å². The number of benzene rings is 2. The Bertz CT molecular complexity index is 1400. The smallest absolute Gasteiger partial charge is 0.258 e. The molecule has 0 saturated heterocycles. The van der Waals surface area contributed by atoms with Gasteiger partial charge in [0, 0.05) is 17.0 Å². The minimum atomic E-state index is -0.250. The van der Waals surface area contributed by atoms with Gasteiger partial charge in [0.1, 0.15) is 5.75 Å². The van der Waals surface area contributed by atoms with Gasteiger partial charge in [-0.1, -0.05) is 60.3 Å². The number of ether oxygens (including phenoxy) is 1. The molecule has 2 aromatic carbocycles. The van der Waals surface area contributed by atoms with Crippen molar-refractivity contribution < 1.29 is 14.3 Å². The summed E-state index contributed by atoms with van der Waals surface area (Å²) in [6, 6.07) is 15.7. The molecule has 2 aromatic heterocycles. The minimum Gasteiger partial charge on any atom is -0.483 e. The summed E-state index contributed by atoms with van der Waals surface area (Å²) in [5.41, 5.74) is 3.85. The zero-order valence-corrected chi connectivity index (χ0v) is 23.4. The average Bonchev–Trinajstić information content (AvgIpc) is 3.48. The van der Waals surface area contributed by atoms with Crippen LogP contribution < -0.4 is 15.4 Å². The number of thiazole rings is 1. The van der Waals surface area contributed by atoms with Gasteiger partial charge >= 0.3 is 0 Å². The molecule has 0 spiro atoms. The van der Waals surface area contributed by atoms with Gasteiger partial charge in [-0.05, 0) is 38.8 Å². The van der Waals surface area contributed by atoms with Crippen LogP contribution in [0.2, 0.25) is 0 Å². The highest BCUT2D eigenvalue weighted by molar-refractivity contribution is 7.99. The van der Waals surface area contributed by atoms with Gasteiger partial charge in [0.05, 0.1) is 18.0 Å². The van der Waals surface area contributed by atoms with Gasteiger partial charge in [-0.25, -0.2) is 4.98 Å². The predicted octanol–water partition coefficient (Wildman–Crippen LogP) is 4.77. The number of para-hydroxylation sites is 1. The normalized spacial score (nSPS) is 10.8. The summed E-state index contributed by atoms with van der Waals surface area (Å²) < 4.78 is 7.60. The van der Waals surface area contributed by atoms with E-state index in [1.54, 1.807) is 0 Å². The van der Waals surface area contributed by atoms with Crippen molar-refractivity contribution in [3.63, 3.8) is 0 Å². The second-order valence-corrected chi connectivity index (χ2v) is 10.7. The number of hydrogen-bond donors (Lipinski definition) is 2. The van der Waals surface area contributed by atoms with Crippen LogP contribution in [-0.2, 0) is 22.7 Å². The number of carbonyl (C=O) groups excluding carboxylic acids is 2. The molecule has 0 saturated carbocycles. The zero-order chi connectivity index (χ0) is 27.1. The molecule has 2 N–H and O–H groups in total. The van der Waals surface area contributed by atoms with E-state index >= 15 is 0 Å². The Kier molecular flexibility index (Phi) is 9.14. The Hall–Kier alpha value is -3.70. The number of anilines is 1. The third kappa shape index (κ3) is 6.78. The van der Waals surface area contributed by atoms with Crippen LogP contribution in [0.15, 0.2) is 53.7 Å². The maximum absolute atomic E-state index is 12.6. The molecule has 0 fully saturated rings. The molecule has 4 aromatic rings.